The first kappa shape index (κ1) is 18.7. The number of sulfonamides is 1. The molecule has 2 aromatic rings. The van der Waals surface area contributed by atoms with Crippen LogP contribution in [0.3, 0.4) is 0 Å². The van der Waals surface area contributed by atoms with E-state index < -0.39 is 10.0 Å². The fraction of sp³-hybridized carbons (Fsp3) is 0.500. The van der Waals surface area contributed by atoms with Gasteiger partial charge >= 0.3 is 0 Å². The van der Waals surface area contributed by atoms with Gasteiger partial charge in [-0.25, -0.2) is 18.4 Å². The molecule has 2 aromatic heterocycles. The Morgan fingerprint density at radius 1 is 1.19 bits per heavy atom. The Morgan fingerprint density at radius 3 is 2.50 bits per heavy atom. The Labute approximate surface area is 155 Å². The predicted octanol–water partition coefficient (Wildman–Crippen LogP) is 2.10. The molecule has 0 spiro atoms. The van der Waals surface area contributed by atoms with E-state index in [0.717, 1.165) is 43.1 Å². The van der Waals surface area contributed by atoms with Gasteiger partial charge in [-0.1, -0.05) is 13.0 Å². The number of nitrogens with zero attached hydrogens (tertiary/aromatic N) is 5. The Morgan fingerprint density at radius 2 is 1.92 bits per heavy atom. The SMILES string of the molecule is CCN(C1CCN(c2cc(-c3ccccn3)nc(C)n2)CC1)S(C)(=O)=O. The molecule has 1 saturated heterocycles. The van der Waals surface area contributed by atoms with Gasteiger partial charge < -0.3 is 4.90 Å². The summed E-state index contributed by atoms with van der Waals surface area (Å²) in [5.74, 6) is 1.58. The highest BCUT2D eigenvalue weighted by molar-refractivity contribution is 7.88. The van der Waals surface area contributed by atoms with Gasteiger partial charge in [0.25, 0.3) is 0 Å². The molecule has 0 aliphatic carbocycles. The fourth-order valence-corrected chi connectivity index (χ4v) is 4.73. The Bertz CT molecular complexity index is 849. The molecular formula is C18H25N5O2S. The van der Waals surface area contributed by atoms with Crippen LogP contribution in [0.25, 0.3) is 11.4 Å². The summed E-state index contributed by atoms with van der Waals surface area (Å²) in [6.45, 7) is 5.83. The minimum absolute atomic E-state index is 0.0597. The Hall–Kier alpha value is -2.06. The lowest BCUT2D eigenvalue weighted by molar-refractivity contribution is 0.285. The first-order chi connectivity index (χ1) is 12.4. The van der Waals surface area contributed by atoms with Crippen LogP contribution in [0.2, 0.25) is 0 Å². The Balaban J connectivity index is 1.77. The van der Waals surface area contributed by atoms with E-state index in [0.29, 0.717) is 12.4 Å². The largest absolute Gasteiger partial charge is 0.356 e. The maximum atomic E-state index is 11.9. The van der Waals surface area contributed by atoms with Crippen LogP contribution in [0.4, 0.5) is 5.82 Å². The number of hydrogen-bond donors (Lipinski definition) is 0. The quantitative estimate of drug-likeness (QED) is 0.796. The lowest BCUT2D eigenvalue weighted by atomic mass is 10.0. The fourth-order valence-electron chi connectivity index (χ4n) is 3.51. The number of pyridine rings is 1. The average Bonchev–Trinajstić information content (AvgIpc) is 2.62. The maximum absolute atomic E-state index is 11.9. The molecule has 0 bridgehead atoms. The lowest BCUT2D eigenvalue weighted by Crippen LogP contribution is -2.47. The molecule has 8 heteroatoms. The highest BCUT2D eigenvalue weighted by Crippen LogP contribution is 2.25. The van der Waals surface area contributed by atoms with Crippen LogP contribution < -0.4 is 4.90 Å². The molecule has 3 heterocycles. The van der Waals surface area contributed by atoms with Crippen LogP contribution in [0.15, 0.2) is 30.5 Å². The van der Waals surface area contributed by atoms with E-state index in [1.165, 1.54) is 6.26 Å². The zero-order chi connectivity index (χ0) is 18.7. The number of rotatable bonds is 5. The van der Waals surface area contributed by atoms with E-state index in [-0.39, 0.29) is 6.04 Å². The summed E-state index contributed by atoms with van der Waals surface area (Å²) in [5.41, 5.74) is 1.63. The van der Waals surface area contributed by atoms with E-state index in [2.05, 4.69) is 19.9 Å². The van der Waals surface area contributed by atoms with Crippen LogP contribution >= 0.6 is 0 Å². The van der Waals surface area contributed by atoms with E-state index in [1.807, 2.05) is 38.1 Å². The van der Waals surface area contributed by atoms with Gasteiger partial charge in [-0.15, -0.1) is 0 Å². The van der Waals surface area contributed by atoms with E-state index in [4.69, 9.17) is 0 Å². The molecule has 0 atom stereocenters. The standard InChI is InChI=1S/C18H25N5O2S/c1-4-23(26(3,24)25)15-8-11-22(12-9-15)18-13-17(20-14(2)21-18)16-7-5-6-10-19-16/h5-7,10,13,15H,4,8-9,11-12H2,1-3H3. The molecule has 0 radical (unpaired) electrons. The molecule has 0 saturated carbocycles. The van der Waals surface area contributed by atoms with Crippen LogP contribution in [0, 0.1) is 6.92 Å². The van der Waals surface area contributed by atoms with E-state index >= 15 is 0 Å². The van der Waals surface area contributed by atoms with E-state index in [1.54, 1.807) is 10.5 Å². The number of aryl methyl sites for hydroxylation is 1. The summed E-state index contributed by atoms with van der Waals surface area (Å²) in [5, 5.41) is 0. The van der Waals surface area contributed by atoms with Crippen molar-refractivity contribution in [1.29, 1.82) is 0 Å². The summed E-state index contributed by atoms with van der Waals surface area (Å²) in [4.78, 5) is 15.6. The Kier molecular flexibility index (Phi) is 5.52. The monoisotopic (exact) mass is 375 g/mol. The normalized spacial score (nSPS) is 16.2. The van der Waals surface area contributed by atoms with Crippen LogP contribution in [-0.2, 0) is 10.0 Å². The highest BCUT2D eigenvalue weighted by atomic mass is 32.2. The first-order valence-electron chi connectivity index (χ1n) is 8.87. The van der Waals surface area contributed by atoms with Gasteiger partial charge in [-0.05, 0) is 31.9 Å². The van der Waals surface area contributed by atoms with Crippen molar-refractivity contribution in [3.63, 3.8) is 0 Å². The van der Waals surface area contributed by atoms with Crippen molar-refractivity contribution in [2.24, 2.45) is 0 Å². The van der Waals surface area contributed by atoms with Crippen LogP contribution in [-0.4, -0.2) is 59.6 Å². The summed E-state index contributed by atoms with van der Waals surface area (Å²) in [7, 11) is -3.17. The van der Waals surface area contributed by atoms with Crippen molar-refractivity contribution in [1.82, 2.24) is 19.3 Å². The zero-order valence-corrected chi connectivity index (χ0v) is 16.3. The summed E-state index contributed by atoms with van der Waals surface area (Å²) in [6, 6.07) is 7.77. The molecule has 0 N–H and O–H groups in total. The molecule has 140 valence electrons. The van der Waals surface area contributed by atoms with Crippen molar-refractivity contribution < 1.29 is 8.42 Å². The van der Waals surface area contributed by atoms with E-state index in [9.17, 15) is 8.42 Å². The predicted molar refractivity (Wildman–Crippen MR) is 102 cm³/mol. The third kappa shape index (κ3) is 4.19. The molecule has 1 fully saturated rings. The van der Waals surface area contributed by atoms with Gasteiger partial charge in [-0.2, -0.15) is 4.31 Å². The molecule has 3 rings (SSSR count). The van der Waals surface area contributed by atoms with Crippen molar-refractivity contribution in [3.05, 3.63) is 36.3 Å². The lowest BCUT2D eigenvalue weighted by Gasteiger charge is -2.37. The van der Waals surface area contributed by atoms with Gasteiger partial charge in [0.15, 0.2) is 0 Å². The molecular weight excluding hydrogens is 350 g/mol. The van der Waals surface area contributed by atoms with Crippen molar-refractivity contribution in [2.75, 3.05) is 30.8 Å². The van der Waals surface area contributed by atoms with Crippen molar-refractivity contribution in [3.8, 4) is 11.4 Å². The third-order valence-electron chi connectivity index (χ3n) is 4.69. The molecule has 0 aromatic carbocycles. The van der Waals surface area contributed by atoms with Crippen LogP contribution in [0.1, 0.15) is 25.6 Å². The van der Waals surface area contributed by atoms with Crippen molar-refractivity contribution >= 4 is 15.8 Å². The first-order valence-corrected chi connectivity index (χ1v) is 10.7. The average molecular weight is 375 g/mol. The van der Waals surface area contributed by atoms with Gasteiger partial charge in [0, 0.05) is 37.9 Å². The second-order valence-corrected chi connectivity index (χ2v) is 8.49. The molecule has 0 unspecified atom stereocenters. The molecule has 1 aliphatic rings. The minimum atomic E-state index is -3.17. The summed E-state index contributed by atoms with van der Waals surface area (Å²) in [6.07, 6.45) is 4.63. The topological polar surface area (TPSA) is 79.3 Å². The second kappa shape index (κ2) is 7.67. The second-order valence-electron chi connectivity index (χ2n) is 6.56. The summed E-state index contributed by atoms with van der Waals surface area (Å²) < 4.78 is 25.5. The maximum Gasteiger partial charge on any atom is 0.211 e. The number of hydrogen-bond acceptors (Lipinski definition) is 6. The highest BCUT2D eigenvalue weighted by Gasteiger charge is 2.29. The minimum Gasteiger partial charge on any atom is -0.356 e. The molecule has 26 heavy (non-hydrogen) atoms. The molecule has 1 aliphatic heterocycles. The molecule has 7 nitrogen and oxygen atoms in total. The zero-order valence-electron chi connectivity index (χ0n) is 15.5. The smallest absolute Gasteiger partial charge is 0.211 e. The third-order valence-corrected chi connectivity index (χ3v) is 6.09. The summed E-state index contributed by atoms with van der Waals surface area (Å²) >= 11 is 0. The van der Waals surface area contributed by atoms with Gasteiger partial charge in [0.1, 0.15) is 11.6 Å². The van der Waals surface area contributed by atoms with Gasteiger partial charge in [0.2, 0.25) is 10.0 Å². The molecule has 0 amide bonds. The van der Waals surface area contributed by atoms with Gasteiger partial charge in [0.05, 0.1) is 17.6 Å². The number of anilines is 1. The van der Waals surface area contributed by atoms with Gasteiger partial charge in [-0.3, -0.25) is 4.98 Å². The van der Waals surface area contributed by atoms with Crippen molar-refractivity contribution in [2.45, 2.75) is 32.7 Å². The van der Waals surface area contributed by atoms with Crippen LogP contribution in [0.5, 0.6) is 0 Å². The number of aromatic nitrogens is 3. The number of piperidine rings is 1.